The van der Waals surface area contributed by atoms with Gasteiger partial charge in [0, 0.05) is 32.2 Å². The van der Waals surface area contributed by atoms with Crippen LogP contribution in [0.5, 0.6) is 0 Å². The summed E-state index contributed by atoms with van der Waals surface area (Å²) in [5.41, 5.74) is 0.133. The van der Waals surface area contributed by atoms with E-state index in [0.29, 0.717) is 26.1 Å². The zero-order valence-corrected chi connectivity index (χ0v) is 16.4. The Labute approximate surface area is 164 Å². The summed E-state index contributed by atoms with van der Waals surface area (Å²) in [5.74, 6) is 0.00811. The van der Waals surface area contributed by atoms with Gasteiger partial charge in [0.05, 0.1) is 22.0 Å². The SMILES string of the molecule is Cl.N#Cc1cc(S(=O)(=O)N2CCCC(N3CCNCC3=O)C2)ccc1Cl. The Bertz CT molecular complexity index is 825. The molecule has 0 radical (unpaired) electrons. The Kier molecular flexibility index (Phi) is 6.88. The van der Waals surface area contributed by atoms with E-state index < -0.39 is 10.0 Å². The number of sulfonamides is 1. The molecule has 10 heteroatoms. The minimum atomic E-state index is -3.73. The summed E-state index contributed by atoms with van der Waals surface area (Å²) in [6, 6.07) is 5.93. The van der Waals surface area contributed by atoms with Gasteiger partial charge in [-0.25, -0.2) is 8.42 Å². The highest BCUT2D eigenvalue weighted by atomic mass is 35.5. The van der Waals surface area contributed by atoms with Crippen LogP contribution in [0.3, 0.4) is 0 Å². The van der Waals surface area contributed by atoms with E-state index in [1.165, 1.54) is 22.5 Å². The van der Waals surface area contributed by atoms with Gasteiger partial charge in [0.2, 0.25) is 15.9 Å². The Balaban J connectivity index is 0.00000243. The molecule has 0 saturated carbocycles. The Hall–Kier alpha value is -1.37. The van der Waals surface area contributed by atoms with Crippen molar-refractivity contribution in [2.24, 2.45) is 0 Å². The minimum Gasteiger partial charge on any atom is -0.336 e. The summed E-state index contributed by atoms with van der Waals surface area (Å²) in [7, 11) is -3.73. The molecule has 1 amide bonds. The van der Waals surface area contributed by atoms with Crippen LogP contribution < -0.4 is 5.32 Å². The molecule has 1 N–H and O–H groups in total. The molecule has 0 spiro atoms. The van der Waals surface area contributed by atoms with Crippen molar-refractivity contribution in [3.63, 3.8) is 0 Å². The van der Waals surface area contributed by atoms with Crippen molar-refractivity contribution in [3.05, 3.63) is 28.8 Å². The number of carbonyl (C=O) groups excluding carboxylic acids is 1. The van der Waals surface area contributed by atoms with Gasteiger partial charge in [-0.15, -0.1) is 12.4 Å². The summed E-state index contributed by atoms with van der Waals surface area (Å²) in [6.45, 7) is 2.29. The molecule has 2 fully saturated rings. The number of nitriles is 1. The molecular weight excluding hydrogens is 399 g/mol. The second kappa shape index (κ2) is 8.55. The number of hydrogen-bond acceptors (Lipinski definition) is 5. The molecule has 3 rings (SSSR count). The van der Waals surface area contributed by atoms with E-state index in [2.05, 4.69) is 5.32 Å². The minimum absolute atomic E-state index is 0. The van der Waals surface area contributed by atoms with Crippen LogP contribution >= 0.6 is 24.0 Å². The lowest BCUT2D eigenvalue weighted by Crippen LogP contribution is -2.57. The molecular formula is C16H20Cl2N4O3S. The van der Waals surface area contributed by atoms with Gasteiger partial charge in [-0.2, -0.15) is 9.57 Å². The number of halogens is 2. The number of piperazine rings is 1. The van der Waals surface area contributed by atoms with Crippen molar-refractivity contribution < 1.29 is 13.2 Å². The monoisotopic (exact) mass is 418 g/mol. The lowest BCUT2D eigenvalue weighted by molar-refractivity contribution is -0.135. The third-order valence-electron chi connectivity index (χ3n) is 4.62. The summed E-state index contributed by atoms with van der Waals surface area (Å²) in [6.07, 6.45) is 1.49. The lowest BCUT2D eigenvalue weighted by atomic mass is 10.1. The molecule has 0 aliphatic carbocycles. The van der Waals surface area contributed by atoms with Crippen LogP contribution in [0.2, 0.25) is 5.02 Å². The lowest BCUT2D eigenvalue weighted by Gasteiger charge is -2.40. The number of piperidine rings is 1. The zero-order valence-electron chi connectivity index (χ0n) is 14.0. The number of carbonyl (C=O) groups is 1. The quantitative estimate of drug-likeness (QED) is 0.795. The molecule has 1 aromatic rings. The first kappa shape index (κ1) is 20.9. The molecule has 0 bridgehead atoms. The number of nitrogens with zero attached hydrogens (tertiary/aromatic N) is 3. The summed E-state index contributed by atoms with van der Waals surface area (Å²) >= 11 is 5.89. The van der Waals surface area contributed by atoms with Gasteiger partial charge < -0.3 is 10.2 Å². The summed E-state index contributed by atoms with van der Waals surface area (Å²) in [5, 5.41) is 12.3. The maximum atomic E-state index is 12.9. The first-order valence-corrected chi connectivity index (χ1v) is 9.95. The van der Waals surface area contributed by atoms with Gasteiger partial charge in [0.15, 0.2) is 0 Å². The predicted molar refractivity (Wildman–Crippen MR) is 99.8 cm³/mol. The van der Waals surface area contributed by atoms with Crippen molar-refractivity contribution in [2.45, 2.75) is 23.8 Å². The molecule has 0 aromatic heterocycles. The maximum absolute atomic E-state index is 12.9. The van der Waals surface area contributed by atoms with E-state index >= 15 is 0 Å². The summed E-state index contributed by atoms with van der Waals surface area (Å²) in [4.78, 5) is 13.9. The standard InChI is InChI=1S/C16H19ClN4O3S.ClH/c17-15-4-3-14(8-12(15)9-18)25(23,24)20-6-1-2-13(11-20)21-7-5-19-10-16(21)22;/h3-4,8,13,19H,1-2,5-7,10-11H2;1H. The van der Waals surface area contributed by atoms with E-state index in [-0.39, 0.29) is 46.4 Å². The predicted octanol–water partition coefficient (Wildman–Crippen LogP) is 1.22. The summed E-state index contributed by atoms with van der Waals surface area (Å²) < 4.78 is 27.3. The number of nitrogens with one attached hydrogen (secondary N) is 1. The van der Waals surface area contributed by atoms with Crippen LogP contribution in [0, 0.1) is 11.3 Å². The van der Waals surface area contributed by atoms with E-state index in [4.69, 9.17) is 16.9 Å². The van der Waals surface area contributed by atoms with Crippen LogP contribution in [0.1, 0.15) is 18.4 Å². The molecule has 7 nitrogen and oxygen atoms in total. The van der Waals surface area contributed by atoms with Crippen LogP contribution in [0.25, 0.3) is 0 Å². The highest BCUT2D eigenvalue weighted by molar-refractivity contribution is 7.89. The largest absolute Gasteiger partial charge is 0.336 e. The smallest absolute Gasteiger partial charge is 0.243 e. The Morgan fingerprint density at radius 3 is 2.77 bits per heavy atom. The molecule has 1 atom stereocenters. The Morgan fingerprint density at radius 2 is 2.08 bits per heavy atom. The van der Waals surface area contributed by atoms with E-state index in [0.717, 1.165) is 13.0 Å². The second-order valence-electron chi connectivity index (χ2n) is 6.18. The molecule has 142 valence electrons. The first-order valence-electron chi connectivity index (χ1n) is 8.13. The van der Waals surface area contributed by atoms with Gasteiger partial charge in [0.25, 0.3) is 0 Å². The third-order valence-corrected chi connectivity index (χ3v) is 6.81. The van der Waals surface area contributed by atoms with Crippen molar-refractivity contribution in [1.29, 1.82) is 5.26 Å². The molecule has 26 heavy (non-hydrogen) atoms. The van der Waals surface area contributed by atoms with Crippen molar-refractivity contribution >= 4 is 39.9 Å². The fourth-order valence-electron chi connectivity index (χ4n) is 3.30. The maximum Gasteiger partial charge on any atom is 0.243 e. The number of rotatable bonds is 3. The average Bonchev–Trinajstić information content (AvgIpc) is 2.62. The highest BCUT2D eigenvalue weighted by Crippen LogP contribution is 2.26. The van der Waals surface area contributed by atoms with Crippen LogP contribution in [-0.2, 0) is 14.8 Å². The van der Waals surface area contributed by atoms with Crippen LogP contribution in [-0.4, -0.2) is 62.3 Å². The molecule has 2 saturated heterocycles. The second-order valence-corrected chi connectivity index (χ2v) is 8.52. The zero-order chi connectivity index (χ0) is 18.0. The van der Waals surface area contributed by atoms with Gasteiger partial charge in [-0.3, -0.25) is 4.79 Å². The van der Waals surface area contributed by atoms with Crippen LogP contribution in [0.4, 0.5) is 0 Å². The van der Waals surface area contributed by atoms with Gasteiger partial charge in [-0.1, -0.05) is 11.6 Å². The first-order chi connectivity index (χ1) is 11.9. The fourth-order valence-corrected chi connectivity index (χ4v) is 5.00. The van der Waals surface area contributed by atoms with Gasteiger partial charge >= 0.3 is 0 Å². The molecule has 2 heterocycles. The Morgan fingerprint density at radius 1 is 1.31 bits per heavy atom. The number of benzene rings is 1. The fraction of sp³-hybridized carbons (Fsp3) is 0.500. The van der Waals surface area contributed by atoms with Crippen molar-refractivity contribution in [3.8, 4) is 6.07 Å². The normalized spacial score (nSPS) is 21.8. The van der Waals surface area contributed by atoms with Gasteiger partial charge in [0.1, 0.15) is 6.07 Å². The average molecular weight is 419 g/mol. The molecule has 2 aliphatic heterocycles. The van der Waals surface area contributed by atoms with E-state index in [1.54, 1.807) is 4.90 Å². The molecule has 1 unspecified atom stereocenters. The number of amides is 1. The van der Waals surface area contributed by atoms with Crippen molar-refractivity contribution in [1.82, 2.24) is 14.5 Å². The highest BCUT2D eigenvalue weighted by Gasteiger charge is 2.35. The molecule has 1 aromatic carbocycles. The molecule has 2 aliphatic rings. The van der Waals surface area contributed by atoms with Gasteiger partial charge in [-0.05, 0) is 31.0 Å². The third kappa shape index (κ3) is 4.13. The van der Waals surface area contributed by atoms with E-state index in [1.807, 2.05) is 6.07 Å². The number of hydrogen-bond donors (Lipinski definition) is 1. The topological polar surface area (TPSA) is 93.5 Å². The van der Waals surface area contributed by atoms with Crippen molar-refractivity contribution in [2.75, 3.05) is 32.7 Å². The van der Waals surface area contributed by atoms with E-state index in [9.17, 15) is 13.2 Å². The van der Waals surface area contributed by atoms with Crippen LogP contribution in [0.15, 0.2) is 23.1 Å².